The molecule has 1 aromatic carbocycles. The zero-order chi connectivity index (χ0) is 13.8. The van der Waals surface area contributed by atoms with E-state index in [1.807, 2.05) is 0 Å². The molecule has 2 aromatic rings. The second kappa shape index (κ2) is 5.95. The van der Waals surface area contributed by atoms with Gasteiger partial charge in [0, 0.05) is 21.8 Å². The number of benzene rings is 1. The van der Waals surface area contributed by atoms with Crippen molar-refractivity contribution in [3.05, 3.63) is 45.1 Å². The number of methoxy groups -OCH3 is 1. The number of thiophene rings is 1. The predicted molar refractivity (Wildman–Crippen MR) is 78.2 cm³/mol. The minimum Gasteiger partial charge on any atom is -0.495 e. The van der Waals surface area contributed by atoms with E-state index in [0.29, 0.717) is 17.1 Å². The van der Waals surface area contributed by atoms with Crippen LogP contribution < -0.4 is 15.8 Å². The first-order valence-corrected chi connectivity index (χ1v) is 6.80. The van der Waals surface area contributed by atoms with Gasteiger partial charge in [0.15, 0.2) is 0 Å². The molecule has 0 saturated heterocycles. The largest absolute Gasteiger partial charge is 0.495 e. The third-order valence-corrected chi connectivity index (χ3v) is 3.72. The van der Waals surface area contributed by atoms with Crippen LogP contribution in [0.1, 0.15) is 15.2 Å². The number of nitrogens with two attached hydrogens (primary N) is 1. The van der Waals surface area contributed by atoms with Gasteiger partial charge in [-0.15, -0.1) is 11.3 Å². The molecule has 2 rings (SSSR count). The van der Waals surface area contributed by atoms with E-state index in [1.165, 1.54) is 11.3 Å². The second-order valence-electron chi connectivity index (χ2n) is 3.86. The summed E-state index contributed by atoms with van der Waals surface area (Å²) in [7, 11) is 1.60. The molecular formula is C13H13ClN2O2S. The van der Waals surface area contributed by atoms with E-state index < -0.39 is 5.91 Å². The first-order valence-electron chi connectivity index (χ1n) is 5.55. The standard InChI is InChI=1S/C13H13ClN2O2S/c1-18-12-3-2-9(14)5-11(12)16-6-10-4-8(7-19-10)13(15)17/h2-5,7,16H,6H2,1H3,(H2,15,17). The number of ether oxygens (including phenoxy) is 1. The summed E-state index contributed by atoms with van der Waals surface area (Å²) in [6.07, 6.45) is 0. The van der Waals surface area contributed by atoms with E-state index in [-0.39, 0.29) is 0 Å². The van der Waals surface area contributed by atoms with Crippen LogP contribution in [0.5, 0.6) is 5.75 Å². The molecule has 0 aliphatic carbocycles. The first kappa shape index (κ1) is 13.7. The highest BCUT2D eigenvalue weighted by molar-refractivity contribution is 7.10. The molecule has 0 unspecified atom stereocenters. The van der Waals surface area contributed by atoms with E-state index in [1.54, 1.807) is 36.8 Å². The molecule has 0 bridgehead atoms. The number of primary amides is 1. The van der Waals surface area contributed by atoms with E-state index >= 15 is 0 Å². The fraction of sp³-hybridized carbons (Fsp3) is 0.154. The highest BCUT2D eigenvalue weighted by atomic mass is 35.5. The second-order valence-corrected chi connectivity index (χ2v) is 5.30. The summed E-state index contributed by atoms with van der Waals surface area (Å²) in [5.74, 6) is 0.305. The smallest absolute Gasteiger partial charge is 0.249 e. The zero-order valence-electron chi connectivity index (χ0n) is 10.3. The number of amides is 1. The van der Waals surface area contributed by atoms with Crippen molar-refractivity contribution < 1.29 is 9.53 Å². The number of rotatable bonds is 5. The molecule has 6 heteroatoms. The van der Waals surface area contributed by atoms with Crippen LogP contribution in [0.2, 0.25) is 5.02 Å². The fourth-order valence-corrected chi connectivity index (χ4v) is 2.59. The van der Waals surface area contributed by atoms with Crippen LogP contribution in [0, 0.1) is 0 Å². The zero-order valence-corrected chi connectivity index (χ0v) is 11.8. The summed E-state index contributed by atoms with van der Waals surface area (Å²) in [6.45, 7) is 0.578. The van der Waals surface area contributed by atoms with Gasteiger partial charge in [-0.3, -0.25) is 4.79 Å². The van der Waals surface area contributed by atoms with Crippen LogP contribution >= 0.6 is 22.9 Å². The van der Waals surface area contributed by atoms with Crippen LogP contribution in [0.15, 0.2) is 29.6 Å². The lowest BCUT2D eigenvalue weighted by molar-refractivity contribution is 0.100. The van der Waals surface area contributed by atoms with E-state index in [0.717, 1.165) is 16.3 Å². The Morgan fingerprint density at radius 1 is 1.47 bits per heavy atom. The Balaban J connectivity index is 2.09. The molecule has 0 aliphatic rings. The van der Waals surface area contributed by atoms with Crippen molar-refractivity contribution >= 4 is 34.5 Å². The molecule has 1 amide bonds. The summed E-state index contributed by atoms with van der Waals surface area (Å²) in [4.78, 5) is 12.0. The summed E-state index contributed by atoms with van der Waals surface area (Å²) < 4.78 is 5.24. The van der Waals surface area contributed by atoms with Gasteiger partial charge in [0.05, 0.1) is 18.4 Å². The third-order valence-electron chi connectivity index (χ3n) is 2.55. The summed E-state index contributed by atoms with van der Waals surface area (Å²) in [5, 5.41) is 5.60. The van der Waals surface area contributed by atoms with Gasteiger partial charge in [-0.25, -0.2) is 0 Å². The maximum atomic E-state index is 11.0. The number of carbonyl (C=O) groups excluding carboxylic acids is 1. The van der Waals surface area contributed by atoms with Crippen LogP contribution in [0.4, 0.5) is 5.69 Å². The molecule has 1 aromatic heterocycles. The highest BCUT2D eigenvalue weighted by Gasteiger charge is 2.07. The van der Waals surface area contributed by atoms with Gasteiger partial charge in [0.25, 0.3) is 0 Å². The maximum Gasteiger partial charge on any atom is 0.249 e. The van der Waals surface area contributed by atoms with Crippen molar-refractivity contribution in [1.82, 2.24) is 0 Å². The molecule has 4 nitrogen and oxygen atoms in total. The van der Waals surface area contributed by atoms with Gasteiger partial charge in [0.2, 0.25) is 5.91 Å². The maximum absolute atomic E-state index is 11.0. The third kappa shape index (κ3) is 3.39. The van der Waals surface area contributed by atoms with Gasteiger partial charge in [-0.05, 0) is 24.3 Å². The van der Waals surface area contributed by atoms with Crippen LogP contribution in [0.3, 0.4) is 0 Å². The molecule has 100 valence electrons. The molecule has 0 saturated carbocycles. The average Bonchev–Trinajstić information content (AvgIpc) is 2.85. The molecule has 1 heterocycles. The van der Waals surface area contributed by atoms with E-state index in [9.17, 15) is 4.79 Å². The Labute approximate surface area is 120 Å². The molecule has 19 heavy (non-hydrogen) atoms. The normalized spacial score (nSPS) is 10.2. The minimum absolute atomic E-state index is 0.414. The Morgan fingerprint density at radius 3 is 2.89 bits per heavy atom. The lowest BCUT2D eigenvalue weighted by Crippen LogP contribution is -2.09. The number of halogens is 1. The van der Waals surface area contributed by atoms with Gasteiger partial charge >= 0.3 is 0 Å². The van der Waals surface area contributed by atoms with E-state index in [4.69, 9.17) is 22.1 Å². The van der Waals surface area contributed by atoms with Gasteiger partial charge < -0.3 is 15.8 Å². The SMILES string of the molecule is COc1ccc(Cl)cc1NCc1cc(C(N)=O)cs1. The van der Waals surface area contributed by atoms with Crippen LogP contribution in [-0.4, -0.2) is 13.0 Å². The van der Waals surface area contributed by atoms with Crippen LogP contribution in [-0.2, 0) is 6.54 Å². The van der Waals surface area contributed by atoms with Crippen molar-refractivity contribution in [2.75, 3.05) is 12.4 Å². The number of nitrogens with one attached hydrogen (secondary N) is 1. The number of carbonyl (C=O) groups is 1. The highest BCUT2D eigenvalue weighted by Crippen LogP contribution is 2.28. The van der Waals surface area contributed by atoms with Gasteiger partial charge in [0.1, 0.15) is 5.75 Å². The molecule has 0 spiro atoms. The van der Waals surface area contributed by atoms with E-state index in [2.05, 4.69) is 5.32 Å². The van der Waals surface area contributed by atoms with Crippen molar-refractivity contribution in [1.29, 1.82) is 0 Å². The molecule has 3 N–H and O–H groups in total. The van der Waals surface area contributed by atoms with Crippen molar-refractivity contribution in [2.45, 2.75) is 6.54 Å². The summed E-state index contributed by atoms with van der Waals surface area (Å²) in [6, 6.07) is 7.13. The Morgan fingerprint density at radius 2 is 2.26 bits per heavy atom. The first-order chi connectivity index (χ1) is 9.10. The summed E-state index contributed by atoms with van der Waals surface area (Å²) in [5.41, 5.74) is 6.55. The molecule has 0 aliphatic heterocycles. The molecule has 0 radical (unpaired) electrons. The number of anilines is 1. The topological polar surface area (TPSA) is 64.3 Å². The molecule has 0 atom stereocenters. The molecule has 0 fully saturated rings. The Hall–Kier alpha value is -1.72. The Bertz CT molecular complexity index is 598. The lowest BCUT2D eigenvalue weighted by atomic mass is 10.2. The lowest BCUT2D eigenvalue weighted by Gasteiger charge is -2.10. The predicted octanol–water partition coefficient (Wildman–Crippen LogP) is 3.12. The van der Waals surface area contributed by atoms with Crippen molar-refractivity contribution in [3.8, 4) is 5.75 Å². The quantitative estimate of drug-likeness (QED) is 0.891. The summed E-state index contributed by atoms with van der Waals surface area (Å²) >= 11 is 7.42. The van der Waals surface area contributed by atoms with Gasteiger partial charge in [-0.1, -0.05) is 11.6 Å². The Kier molecular flexibility index (Phi) is 4.29. The average molecular weight is 297 g/mol. The number of hydrogen-bond acceptors (Lipinski definition) is 4. The van der Waals surface area contributed by atoms with Gasteiger partial charge in [-0.2, -0.15) is 0 Å². The number of hydrogen-bond donors (Lipinski definition) is 2. The van der Waals surface area contributed by atoms with Crippen molar-refractivity contribution in [2.24, 2.45) is 5.73 Å². The fourth-order valence-electron chi connectivity index (χ4n) is 1.60. The monoisotopic (exact) mass is 296 g/mol. The van der Waals surface area contributed by atoms with Crippen molar-refractivity contribution in [3.63, 3.8) is 0 Å². The molecular weight excluding hydrogens is 284 g/mol. The minimum atomic E-state index is -0.414. The van der Waals surface area contributed by atoms with Crippen LogP contribution in [0.25, 0.3) is 0 Å².